The third-order valence-corrected chi connectivity index (χ3v) is 4.12. The second kappa shape index (κ2) is 5.86. The number of rotatable bonds is 4. The van der Waals surface area contributed by atoms with E-state index in [0.29, 0.717) is 6.04 Å². The highest BCUT2D eigenvalue weighted by Gasteiger charge is 2.27. The van der Waals surface area contributed by atoms with Gasteiger partial charge in [0.2, 0.25) is 0 Å². The molecule has 0 spiro atoms. The molecular weight excluding hydrogens is 258 g/mol. The van der Waals surface area contributed by atoms with Crippen LogP contribution in [0.15, 0.2) is 36.4 Å². The number of nitrogens with one attached hydrogen (secondary N) is 1. The molecule has 0 bridgehead atoms. The van der Waals surface area contributed by atoms with Crippen molar-refractivity contribution in [2.45, 2.75) is 39.3 Å². The monoisotopic (exact) mass is 281 g/mol. The number of pyridine rings is 1. The molecule has 3 heteroatoms. The van der Waals surface area contributed by atoms with Crippen molar-refractivity contribution in [3.05, 3.63) is 53.2 Å². The molecule has 1 N–H and O–H groups in total. The van der Waals surface area contributed by atoms with Gasteiger partial charge in [-0.2, -0.15) is 0 Å². The van der Waals surface area contributed by atoms with Crippen LogP contribution in [0.3, 0.4) is 0 Å². The maximum absolute atomic E-state index is 4.86. The fraction of sp³-hybridized carbons (Fsp3) is 0.389. The molecule has 1 aromatic carbocycles. The predicted molar refractivity (Wildman–Crippen MR) is 88.1 cm³/mol. The van der Waals surface area contributed by atoms with Gasteiger partial charge in [0.05, 0.1) is 0 Å². The second-order valence-corrected chi connectivity index (χ2v) is 5.76. The number of hydrogen-bond acceptors (Lipinski definition) is 3. The minimum atomic E-state index is 0.462. The normalized spacial score (nSPS) is 17.1. The fourth-order valence-electron chi connectivity index (χ4n) is 3.16. The van der Waals surface area contributed by atoms with E-state index >= 15 is 0 Å². The quantitative estimate of drug-likeness (QED) is 0.930. The Morgan fingerprint density at radius 3 is 2.86 bits per heavy atom. The van der Waals surface area contributed by atoms with Gasteiger partial charge < -0.3 is 10.2 Å². The van der Waals surface area contributed by atoms with E-state index in [1.807, 2.05) is 7.05 Å². The highest BCUT2D eigenvalue weighted by molar-refractivity contribution is 5.69. The van der Waals surface area contributed by atoms with E-state index in [-0.39, 0.29) is 0 Å². The van der Waals surface area contributed by atoms with E-state index in [2.05, 4.69) is 60.5 Å². The molecule has 0 aliphatic carbocycles. The zero-order valence-corrected chi connectivity index (χ0v) is 13.1. The van der Waals surface area contributed by atoms with Gasteiger partial charge in [-0.25, -0.2) is 4.98 Å². The lowest BCUT2D eigenvalue weighted by molar-refractivity contribution is 0.744. The summed E-state index contributed by atoms with van der Waals surface area (Å²) >= 11 is 0. The Labute approximate surface area is 127 Å². The maximum Gasteiger partial charge on any atom is 0.133 e. The number of fused-ring (bicyclic) bond motifs is 1. The van der Waals surface area contributed by atoms with Gasteiger partial charge in [-0.15, -0.1) is 0 Å². The Kier molecular flexibility index (Phi) is 3.93. The SMILES string of the molecule is CCc1cc(CNC)cc(N2c3ccccc3CC2C)n1. The van der Waals surface area contributed by atoms with Gasteiger partial charge in [-0.3, -0.25) is 0 Å². The van der Waals surface area contributed by atoms with E-state index < -0.39 is 0 Å². The first-order valence-electron chi connectivity index (χ1n) is 7.74. The smallest absolute Gasteiger partial charge is 0.133 e. The average molecular weight is 281 g/mol. The van der Waals surface area contributed by atoms with Crippen LogP contribution in [-0.4, -0.2) is 18.1 Å². The highest BCUT2D eigenvalue weighted by atomic mass is 15.2. The van der Waals surface area contributed by atoms with Crippen LogP contribution in [0, 0.1) is 0 Å². The van der Waals surface area contributed by atoms with E-state index in [4.69, 9.17) is 4.98 Å². The standard InChI is InChI=1S/C18H23N3/c1-4-16-10-14(12-19-3)11-18(20-16)21-13(2)9-15-7-5-6-8-17(15)21/h5-8,10-11,13,19H,4,9,12H2,1-3H3. The number of para-hydroxylation sites is 1. The molecule has 2 heterocycles. The summed E-state index contributed by atoms with van der Waals surface area (Å²) in [7, 11) is 1.99. The number of nitrogens with zero attached hydrogens (tertiary/aromatic N) is 2. The van der Waals surface area contributed by atoms with Gasteiger partial charge in [-0.1, -0.05) is 25.1 Å². The van der Waals surface area contributed by atoms with Crippen LogP contribution in [0.1, 0.15) is 30.7 Å². The van der Waals surface area contributed by atoms with Crippen LogP contribution in [0.4, 0.5) is 11.5 Å². The van der Waals surface area contributed by atoms with Crippen LogP contribution in [0.2, 0.25) is 0 Å². The largest absolute Gasteiger partial charge is 0.323 e. The van der Waals surface area contributed by atoms with Gasteiger partial charge >= 0.3 is 0 Å². The number of aromatic nitrogens is 1. The zero-order chi connectivity index (χ0) is 14.8. The van der Waals surface area contributed by atoms with Crippen molar-refractivity contribution < 1.29 is 0 Å². The first kappa shape index (κ1) is 14.1. The van der Waals surface area contributed by atoms with Crippen molar-refractivity contribution in [1.82, 2.24) is 10.3 Å². The first-order chi connectivity index (χ1) is 10.2. The van der Waals surface area contributed by atoms with Crippen molar-refractivity contribution >= 4 is 11.5 Å². The summed E-state index contributed by atoms with van der Waals surface area (Å²) in [6.07, 6.45) is 2.06. The summed E-state index contributed by atoms with van der Waals surface area (Å²) in [5, 5.41) is 3.24. The molecule has 110 valence electrons. The summed E-state index contributed by atoms with van der Waals surface area (Å²) in [5.74, 6) is 1.08. The molecule has 0 saturated heterocycles. The number of anilines is 2. The van der Waals surface area contributed by atoms with Crippen LogP contribution in [0.5, 0.6) is 0 Å². The van der Waals surface area contributed by atoms with Crippen molar-refractivity contribution in [2.24, 2.45) is 0 Å². The average Bonchev–Trinajstić information content (AvgIpc) is 2.83. The Hall–Kier alpha value is -1.87. The number of hydrogen-bond donors (Lipinski definition) is 1. The molecule has 21 heavy (non-hydrogen) atoms. The second-order valence-electron chi connectivity index (χ2n) is 5.76. The van der Waals surface area contributed by atoms with Crippen molar-refractivity contribution in [2.75, 3.05) is 11.9 Å². The highest BCUT2D eigenvalue weighted by Crippen LogP contribution is 2.37. The Morgan fingerprint density at radius 2 is 2.10 bits per heavy atom. The van der Waals surface area contributed by atoms with Crippen molar-refractivity contribution in [3.63, 3.8) is 0 Å². The van der Waals surface area contributed by atoms with Crippen molar-refractivity contribution in [3.8, 4) is 0 Å². The summed E-state index contributed by atoms with van der Waals surface area (Å²) in [6, 6.07) is 13.5. The van der Waals surface area contributed by atoms with E-state index in [9.17, 15) is 0 Å². The summed E-state index contributed by atoms with van der Waals surface area (Å²) in [6.45, 7) is 5.32. The van der Waals surface area contributed by atoms with Crippen molar-refractivity contribution in [1.29, 1.82) is 0 Å². The molecule has 0 saturated carbocycles. The van der Waals surface area contributed by atoms with Crippen LogP contribution >= 0.6 is 0 Å². The summed E-state index contributed by atoms with van der Waals surface area (Å²) in [5.41, 5.74) is 5.19. The van der Waals surface area contributed by atoms with Gasteiger partial charge in [0, 0.05) is 24.0 Å². The van der Waals surface area contributed by atoms with Crippen LogP contribution in [0.25, 0.3) is 0 Å². The third-order valence-electron chi connectivity index (χ3n) is 4.12. The van der Waals surface area contributed by atoms with E-state index in [0.717, 1.165) is 30.9 Å². The molecule has 1 unspecified atom stereocenters. The van der Waals surface area contributed by atoms with Crippen LogP contribution in [-0.2, 0) is 19.4 Å². The molecular formula is C18H23N3. The molecule has 1 aliphatic rings. The van der Waals surface area contributed by atoms with E-state index in [1.165, 1.54) is 16.8 Å². The fourth-order valence-corrected chi connectivity index (χ4v) is 3.16. The molecule has 1 aromatic heterocycles. The molecule has 0 amide bonds. The Balaban J connectivity index is 2.05. The van der Waals surface area contributed by atoms with Gasteiger partial charge in [0.1, 0.15) is 5.82 Å². The Morgan fingerprint density at radius 1 is 1.29 bits per heavy atom. The molecule has 0 radical (unpaired) electrons. The molecule has 0 fully saturated rings. The van der Waals surface area contributed by atoms with Gasteiger partial charge in [0.15, 0.2) is 0 Å². The lowest BCUT2D eigenvalue weighted by Crippen LogP contribution is -2.25. The first-order valence-corrected chi connectivity index (χ1v) is 7.74. The summed E-state index contributed by atoms with van der Waals surface area (Å²) in [4.78, 5) is 7.25. The lowest BCUT2D eigenvalue weighted by atomic mass is 10.1. The lowest BCUT2D eigenvalue weighted by Gasteiger charge is -2.25. The van der Waals surface area contributed by atoms with Gasteiger partial charge in [-0.05, 0) is 56.1 Å². The Bertz CT molecular complexity index is 636. The maximum atomic E-state index is 4.86. The predicted octanol–water partition coefficient (Wildman–Crippen LogP) is 3.45. The molecule has 1 atom stereocenters. The zero-order valence-electron chi connectivity index (χ0n) is 13.1. The minimum absolute atomic E-state index is 0.462. The molecule has 3 rings (SSSR count). The molecule has 1 aliphatic heterocycles. The molecule has 2 aromatic rings. The topological polar surface area (TPSA) is 28.2 Å². The molecule has 3 nitrogen and oxygen atoms in total. The van der Waals surface area contributed by atoms with E-state index in [1.54, 1.807) is 0 Å². The summed E-state index contributed by atoms with van der Waals surface area (Å²) < 4.78 is 0. The minimum Gasteiger partial charge on any atom is -0.323 e. The van der Waals surface area contributed by atoms with Crippen LogP contribution < -0.4 is 10.2 Å². The third kappa shape index (κ3) is 2.66. The number of benzene rings is 1. The van der Waals surface area contributed by atoms with Gasteiger partial charge in [0.25, 0.3) is 0 Å². The number of aryl methyl sites for hydroxylation is 1.